The minimum absolute atomic E-state index is 0.00876. The van der Waals surface area contributed by atoms with E-state index in [1.807, 2.05) is 31.2 Å². The van der Waals surface area contributed by atoms with Crippen LogP contribution in [-0.4, -0.2) is 22.6 Å². The Labute approximate surface area is 114 Å². The fraction of sp³-hybridized carbons (Fsp3) is 0.0667. The van der Waals surface area contributed by atoms with Crippen molar-refractivity contribution in [2.45, 2.75) is 6.92 Å². The van der Waals surface area contributed by atoms with Crippen molar-refractivity contribution in [1.29, 1.82) is 0 Å². The zero-order valence-electron chi connectivity index (χ0n) is 10.7. The van der Waals surface area contributed by atoms with Gasteiger partial charge < -0.3 is 5.11 Å². The van der Waals surface area contributed by atoms with Crippen LogP contribution in [0.4, 0.5) is 5.69 Å². The zero-order chi connectivity index (χ0) is 13.7. The molecule has 0 saturated heterocycles. The molecule has 0 radical (unpaired) electrons. The fourth-order valence-corrected chi connectivity index (χ4v) is 2.60. The largest absolute Gasteiger partial charge is 0.493 e. The molecule has 5 heteroatoms. The van der Waals surface area contributed by atoms with Crippen molar-refractivity contribution in [3.05, 3.63) is 40.5 Å². The molecular weight excluding hydrogens is 252 g/mol. The summed E-state index contributed by atoms with van der Waals surface area (Å²) in [7, 11) is 0. The van der Waals surface area contributed by atoms with Crippen molar-refractivity contribution in [2.75, 3.05) is 0 Å². The monoisotopic (exact) mass is 262 g/mol. The van der Waals surface area contributed by atoms with E-state index in [9.17, 15) is 5.11 Å². The van der Waals surface area contributed by atoms with E-state index in [1.165, 1.54) is 6.34 Å². The van der Waals surface area contributed by atoms with Crippen LogP contribution in [0.25, 0.3) is 16.8 Å². The standard InChI is InChI=1S/C15H10N4O/c1-8-12(11-6-16-7-17-11)14-13(15(20)18-8)9-4-2-3-5-10(9)19-14/h2-7,20H,1H3. The summed E-state index contributed by atoms with van der Waals surface area (Å²) in [6, 6.07) is 7.70. The number of para-hydroxylation sites is 1. The van der Waals surface area contributed by atoms with Gasteiger partial charge in [-0.3, -0.25) is 0 Å². The maximum atomic E-state index is 10.2. The minimum atomic E-state index is 0.00876. The van der Waals surface area contributed by atoms with Crippen LogP contribution in [0.1, 0.15) is 5.69 Å². The number of hydrogen-bond acceptors (Lipinski definition) is 5. The first kappa shape index (κ1) is 11.0. The first-order valence-corrected chi connectivity index (χ1v) is 6.23. The Kier molecular flexibility index (Phi) is 2.12. The molecule has 1 N–H and O–H groups in total. The van der Waals surface area contributed by atoms with Crippen molar-refractivity contribution in [1.82, 2.24) is 4.98 Å². The summed E-state index contributed by atoms with van der Waals surface area (Å²) in [6.45, 7) is 1.84. The van der Waals surface area contributed by atoms with Gasteiger partial charge in [-0.15, -0.1) is 0 Å². The SMILES string of the molecule is Cc1nc(O)c2c(c1=C1C=NC=N1)=Nc1ccccc1-2. The second kappa shape index (κ2) is 3.84. The van der Waals surface area contributed by atoms with Crippen molar-refractivity contribution >= 4 is 23.9 Å². The lowest BCUT2D eigenvalue weighted by molar-refractivity contribution is 0.453. The molecule has 0 fully saturated rings. The molecule has 0 spiro atoms. The van der Waals surface area contributed by atoms with Crippen molar-refractivity contribution < 1.29 is 5.11 Å². The molecule has 2 aromatic rings. The Bertz CT molecular complexity index is 912. The Morgan fingerprint density at radius 1 is 1.15 bits per heavy atom. The zero-order valence-corrected chi connectivity index (χ0v) is 10.7. The first-order valence-electron chi connectivity index (χ1n) is 6.23. The van der Waals surface area contributed by atoms with Gasteiger partial charge in [0.25, 0.3) is 0 Å². The summed E-state index contributed by atoms with van der Waals surface area (Å²) in [4.78, 5) is 17.1. The molecule has 0 unspecified atom stereocenters. The second-order valence-electron chi connectivity index (χ2n) is 4.66. The van der Waals surface area contributed by atoms with Gasteiger partial charge in [0.1, 0.15) is 6.34 Å². The predicted molar refractivity (Wildman–Crippen MR) is 76.9 cm³/mol. The average Bonchev–Trinajstić information content (AvgIpc) is 3.05. The number of nitrogens with zero attached hydrogens (tertiary/aromatic N) is 4. The Morgan fingerprint density at radius 2 is 2.00 bits per heavy atom. The molecule has 2 aliphatic heterocycles. The number of aliphatic imine (C=N–C) groups is 2. The fourth-order valence-electron chi connectivity index (χ4n) is 2.60. The van der Waals surface area contributed by atoms with Crippen LogP contribution in [0.2, 0.25) is 0 Å². The van der Waals surface area contributed by atoms with Crippen LogP contribution in [-0.2, 0) is 0 Å². The van der Waals surface area contributed by atoms with Gasteiger partial charge in [-0.1, -0.05) is 18.2 Å². The van der Waals surface area contributed by atoms with Gasteiger partial charge in [0, 0.05) is 10.8 Å². The molecule has 3 heterocycles. The van der Waals surface area contributed by atoms with E-state index in [0.29, 0.717) is 11.3 Å². The minimum Gasteiger partial charge on any atom is -0.493 e. The molecule has 4 rings (SSSR count). The summed E-state index contributed by atoms with van der Waals surface area (Å²) in [6.07, 6.45) is 3.18. The Morgan fingerprint density at radius 3 is 2.80 bits per heavy atom. The number of pyridine rings is 1. The molecule has 0 amide bonds. The van der Waals surface area contributed by atoms with Crippen LogP contribution >= 0.6 is 0 Å². The van der Waals surface area contributed by atoms with E-state index in [-0.39, 0.29) is 5.88 Å². The molecule has 2 aliphatic rings. The van der Waals surface area contributed by atoms with E-state index >= 15 is 0 Å². The number of aromatic nitrogens is 1. The number of rotatable bonds is 0. The Balaban J connectivity index is 2.24. The van der Waals surface area contributed by atoms with E-state index in [0.717, 1.165) is 27.5 Å². The van der Waals surface area contributed by atoms with Gasteiger partial charge in [0.15, 0.2) is 0 Å². The van der Waals surface area contributed by atoms with Crippen molar-refractivity contribution in [2.24, 2.45) is 15.0 Å². The lowest BCUT2D eigenvalue weighted by Gasteiger charge is -2.03. The van der Waals surface area contributed by atoms with Gasteiger partial charge in [-0.25, -0.2) is 20.0 Å². The summed E-state index contributed by atoms with van der Waals surface area (Å²) < 4.78 is 0. The number of benzene rings is 1. The predicted octanol–water partition coefficient (Wildman–Crippen LogP) is 1.25. The maximum absolute atomic E-state index is 10.2. The van der Waals surface area contributed by atoms with E-state index in [2.05, 4.69) is 20.0 Å². The first-order chi connectivity index (χ1) is 9.75. The van der Waals surface area contributed by atoms with Gasteiger partial charge in [-0.2, -0.15) is 0 Å². The topological polar surface area (TPSA) is 70.2 Å². The molecular formula is C15H10N4O. The molecule has 1 aromatic carbocycles. The molecule has 5 nitrogen and oxygen atoms in total. The van der Waals surface area contributed by atoms with Crippen LogP contribution in [0.3, 0.4) is 0 Å². The van der Waals surface area contributed by atoms with E-state index in [4.69, 9.17) is 0 Å². The number of fused-ring (bicyclic) bond motifs is 3. The van der Waals surface area contributed by atoms with Crippen LogP contribution < -0.4 is 10.6 Å². The van der Waals surface area contributed by atoms with Gasteiger partial charge in [-0.05, 0) is 13.0 Å². The molecule has 1 aromatic heterocycles. The third kappa shape index (κ3) is 1.37. The summed E-state index contributed by atoms with van der Waals surface area (Å²) in [5, 5.41) is 11.7. The normalized spacial score (nSPS) is 17.1. The van der Waals surface area contributed by atoms with Crippen LogP contribution in [0, 0.1) is 6.92 Å². The van der Waals surface area contributed by atoms with E-state index < -0.39 is 0 Å². The lowest BCUT2D eigenvalue weighted by atomic mass is 10.1. The molecule has 96 valence electrons. The van der Waals surface area contributed by atoms with Crippen molar-refractivity contribution in [3.63, 3.8) is 0 Å². The Hall–Kier alpha value is -2.82. The third-order valence-electron chi connectivity index (χ3n) is 3.45. The lowest BCUT2D eigenvalue weighted by Crippen LogP contribution is -2.31. The highest BCUT2D eigenvalue weighted by molar-refractivity contribution is 6.10. The average molecular weight is 262 g/mol. The summed E-state index contributed by atoms with van der Waals surface area (Å²) >= 11 is 0. The van der Waals surface area contributed by atoms with Gasteiger partial charge in [0.05, 0.1) is 34.2 Å². The number of aryl methyl sites for hydroxylation is 1. The van der Waals surface area contributed by atoms with Gasteiger partial charge in [0.2, 0.25) is 5.88 Å². The summed E-state index contributed by atoms with van der Waals surface area (Å²) in [5.74, 6) is 0.00876. The highest BCUT2D eigenvalue weighted by Crippen LogP contribution is 2.35. The van der Waals surface area contributed by atoms with Crippen molar-refractivity contribution in [3.8, 4) is 17.0 Å². The van der Waals surface area contributed by atoms with E-state index in [1.54, 1.807) is 6.21 Å². The summed E-state index contributed by atoms with van der Waals surface area (Å²) in [5.41, 5.74) is 3.82. The number of aromatic hydroxyl groups is 1. The smallest absolute Gasteiger partial charge is 0.221 e. The molecule has 0 atom stereocenters. The highest BCUT2D eigenvalue weighted by atomic mass is 16.3. The third-order valence-corrected chi connectivity index (χ3v) is 3.45. The molecule has 0 bridgehead atoms. The quantitative estimate of drug-likeness (QED) is 0.662. The second-order valence-corrected chi connectivity index (χ2v) is 4.66. The maximum Gasteiger partial charge on any atom is 0.221 e. The molecule has 0 saturated carbocycles. The van der Waals surface area contributed by atoms with Gasteiger partial charge >= 0.3 is 0 Å². The highest BCUT2D eigenvalue weighted by Gasteiger charge is 2.21. The molecule has 20 heavy (non-hydrogen) atoms. The van der Waals surface area contributed by atoms with Crippen LogP contribution in [0.5, 0.6) is 5.88 Å². The molecule has 0 aliphatic carbocycles. The number of hydrogen-bond donors (Lipinski definition) is 1. The van der Waals surface area contributed by atoms with Crippen LogP contribution in [0.15, 0.2) is 39.2 Å².